The number of hydrogen-bond donors (Lipinski definition) is 1. The number of nitrogens with one attached hydrogen (secondary N) is 1. The Balaban J connectivity index is 1.73. The van der Waals surface area contributed by atoms with Gasteiger partial charge in [-0.25, -0.2) is 0 Å². The second-order valence-corrected chi connectivity index (χ2v) is 7.52. The van der Waals surface area contributed by atoms with Gasteiger partial charge in [0, 0.05) is 35.3 Å². The van der Waals surface area contributed by atoms with Crippen LogP contribution in [0.15, 0.2) is 28.7 Å². The molecule has 1 aromatic carbocycles. The van der Waals surface area contributed by atoms with Gasteiger partial charge < -0.3 is 10.2 Å². The summed E-state index contributed by atoms with van der Waals surface area (Å²) < 4.78 is 1.17. The van der Waals surface area contributed by atoms with Crippen LogP contribution in [0.2, 0.25) is 0 Å². The molecule has 2 atom stereocenters. The van der Waals surface area contributed by atoms with E-state index in [4.69, 9.17) is 0 Å². The van der Waals surface area contributed by atoms with Crippen molar-refractivity contribution in [2.75, 3.05) is 18.0 Å². The van der Waals surface area contributed by atoms with Gasteiger partial charge in [-0.2, -0.15) is 0 Å². The average Bonchev–Trinajstić information content (AvgIpc) is 2.56. The predicted molar refractivity (Wildman–Crippen MR) is 93.9 cm³/mol. The first-order chi connectivity index (χ1) is 10.3. The molecule has 2 fully saturated rings. The third-order valence-electron chi connectivity index (χ3n) is 5.30. The van der Waals surface area contributed by atoms with Gasteiger partial charge in [-0.1, -0.05) is 42.1 Å². The SMILES string of the molecule is CCC1CNC(C2CCCCC2)CN1c1ccc(Br)cc1. The molecule has 2 aliphatic rings. The van der Waals surface area contributed by atoms with E-state index in [-0.39, 0.29) is 0 Å². The lowest BCUT2D eigenvalue weighted by atomic mass is 9.82. The number of rotatable bonds is 3. The number of benzene rings is 1. The molecule has 2 unspecified atom stereocenters. The molecule has 0 bridgehead atoms. The summed E-state index contributed by atoms with van der Waals surface area (Å²) in [6.45, 7) is 4.61. The first-order valence-corrected chi connectivity index (χ1v) is 9.33. The van der Waals surface area contributed by atoms with Crippen LogP contribution in [0, 0.1) is 5.92 Å². The fourth-order valence-electron chi connectivity index (χ4n) is 3.99. The molecule has 1 N–H and O–H groups in total. The van der Waals surface area contributed by atoms with Crippen molar-refractivity contribution >= 4 is 21.6 Å². The van der Waals surface area contributed by atoms with Crippen LogP contribution >= 0.6 is 15.9 Å². The minimum atomic E-state index is 0.631. The van der Waals surface area contributed by atoms with E-state index in [1.54, 1.807) is 0 Å². The Morgan fingerprint density at radius 1 is 1.14 bits per heavy atom. The maximum Gasteiger partial charge on any atom is 0.0412 e. The number of hydrogen-bond acceptors (Lipinski definition) is 2. The number of piperazine rings is 1. The van der Waals surface area contributed by atoms with E-state index in [1.807, 2.05) is 0 Å². The molecule has 1 aromatic rings. The van der Waals surface area contributed by atoms with Crippen LogP contribution in [0.5, 0.6) is 0 Å². The van der Waals surface area contributed by atoms with E-state index in [0.29, 0.717) is 12.1 Å². The van der Waals surface area contributed by atoms with Crippen LogP contribution in [0.1, 0.15) is 45.4 Å². The molecule has 1 heterocycles. The van der Waals surface area contributed by atoms with E-state index in [0.717, 1.165) is 12.5 Å². The van der Waals surface area contributed by atoms with Crippen molar-refractivity contribution in [1.29, 1.82) is 0 Å². The monoisotopic (exact) mass is 350 g/mol. The quantitative estimate of drug-likeness (QED) is 0.857. The van der Waals surface area contributed by atoms with Gasteiger partial charge in [0.15, 0.2) is 0 Å². The molecule has 1 saturated heterocycles. The van der Waals surface area contributed by atoms with Crippen molar-refractivity contribution in [3.05, 3.63) is 28.7 Å². The summed E-state index contributed by atoms with van der Waals surface area (Å²) >= 11 is 3.55. The molecule has 0 spiro atoms. The minimum Gasteiger partial charge on any atom is -0.366 e. The minimum absolute atomic E-state index is 0.631. The lowest BCUT2D eigenvalue weighted by Gasteiger charge is -2.45. The summed E-state index contributed by atoms with van der Waals surface area (Å²) in [4.78, 5) is 2.64. The van der Waals surface area contributed by atoms with Crippen molar-refractivity contribution in [2.45, 2.75) is 57.5 Å². The Hall–Kier alpha value is -0.540. The molecule has 116 valence electrons. The van der Waals surface area contributed by atoms with Gasteiger partial charge in [-0.15, -0.1) is 0 Å². The Kier molecular flexibility index (Phi) is 5.23. The van der Waals surface area contributed by atoms with Crippen molar-refractivity contribution in [3.63, 3.8) is 0 Å². The van der Waals surface area contributed by atoms with Gasteiger partial charge in [0.25, 0.3) is 0 Å². The van der Waals surface area contributed by atoms with E-state index < -0.39 is 0 Å². The Morgan fingerprint density at radius 3 is 2.52 bits per heavy atom. The Bertz CT molecular complexity index is 439. The van der Waals surface area contributed by atoms with Gasteiger partial charge in [-0.05, 0) is 49.4 Å². The molecule has 3 heteroatoms. The molecule has 2 nitrogen and oxygen atoms in total. The zero-order valence-electron chi connectivity index (χ0n) is 13.0. The van der Waals surface area contributed by atoms with Crippen molar-refractivity contribution < 1.29 is 0 Å². The second-order valence-electron chi connectivity index (χ2n) is 6.60. The predicted octanol–water partition coefficient (Wildman–Crippen LogP) is 4.59. The van der Waals surface area contributed by atoms with Crippen molar-refractivity contribution in [2.24, 2.45) is 5.92 Å². The average molecular weight is 351 g/mol. The van der Waals surface area contributed by atoms with Crippen LogP contribution in [0.25, 0.3) is 0 Å². The zero-order valence-corrected chi connectivity index (χ0v) is 14.6. The van der Waals surface area contributed by atoms with Crippen LogP contribution in [0.4, 0.5) is 5.69 Å². The molecule has 21 heavy (non-hydrogen) atoms. The molecule has 0 aromatic heterocycles. The lowest BCUT2D eigenvalue weighted by molar-refractivity contribution is 0.240. The van der Waals surface area contributed by atoms with Crippen LogP contribution in [-0.4, -0.2) is 25.2 Å². The van der Waals surface area contributed by atoms with E-state index >= 15 is 0 Å². The third kappa shape index (κ3) is 3.62. The number of anilines is 1. The van der Waals surface area contributed by atoms with Gasteiger partial charge in [0.05, 0.1) is 0 Å². The first-order valence-electron chi connectivity index (χ1n) is 8.53. The summed E-state index contributed by atoms with van der Waals surface area (Å²) in [7, 11) is 0. The van der Waals surface area contributed by atoms with Crippen molar-refractivity contribution in [3.8, 4) is 0 Å². The van der Waals surface area contributed by atoms with Gasteiger partial charge >= 0.3 is 0 Å². The second kappa shape index (κ2) is 7.15. The highest BCUT2D eigenvalue weighted by Gasteiger charge is 2.32. The molecule has 1 aliphatic carbocycles. The zero-order chi connectivity index (χ0) is 14.7. The van der Waals surface area contributed by atoms with E-state index in [1.165, 1.54) is 55.2 Å². The van der Waals surface area contributed by atoms with E-state index in [9.17, 15) is 0 Å². The highest BCUT2D eigenvalue weighted by atomic mass is 79.9. The molecule has 3 rings (SSSR count). The topological polar surface area (TPSA) is 15.3 Å². The summed E-state index contributed by atoms with van der Waals surface area (Å²) in [5.41, 5.74) is 1.38. The van der Waals surface area contributed by atoms with Crippen molar-refractivity contribution in [1.82, 2.24) is 5.32 Å². The maximum absolute atomic E-state index is 3.85. The molecular weight excluding hydrogens is 324 g/mol. The molecular formula is C18H27BrN2. The third-order valence-corrected chi connectivity index (χ3v) is 5.83. The van der Waals surface area contributed by atoms with Crippen LogP contribution < -0.4 is 10.2 Å². The molecule has 1 aliphatic heterocycles. The fraction of sp³-hybridized carbons (Fsp3) is 0.667. The molecule has 1 saturated carbocycles. The number of halogens is 1. The highest BCUT2D eigenvalue weighted by molar-refractivity contribution is 9.10. The summed E-state index contributed by atoms with van der Waals surface area (Å²) in [6.07, 6.45) is 8.35. The largest absolute Gasteiger partial charge is 0.366 e. The first kappa shape index (κ1) is 15.4. The molecule has 0 amide bonds. The van der Waals surface area contributed by atoms with Crippen LogP contribution in [0.3, 0.4) is 0 Å². The summed E-state index contributed by atoms with van der Waals surface area (Å²) in [6, 6.07) is 10.2. The van der Waals surface area contributed by atoms with Gasteiger partial charge in [0.2, 0.25) is 0 Å². The summed E-state index contributed by atoms with van der Waals surface area (Å²) in [5.74, 6) is 0.884. The summed E-state index contributed by atoms with van der Waals surface area (Å²) in [5, 5.41) is 3.85. The Morgan fingerprint density at radius 2 is 1.86 bits per heavy atom. The van der Waals surface area contributed by atoms with Crippen LogP contribution in [-0.2, 0) is 0 Å². The normalized spacial score (nSPS) is 27.8. The van der Waals surface area contributed by atoms with E-state index in [2.05, 4.69) is 57.3 Å². The smallest absolute Gasteiger partial charge is 0.0412 e. The fourth-order valence-corrected chi connectivity index (χ4v) is 4.25. The standard InChI is InChI=1S/C18H27BrN2/c1-2-16-12-20-18(14-6-4-3-5-7-14)13-21(16)17-10-8-15(19)9-11-17/h8-11,14,16,18,20H,2-7,12-13H2,1H3. The van der Waals surface area contributed by atoms with Gasteiger partial charge in [0.1, 0.15) is 0 Å². The lowest BCUT2D eigenvalue weighted by Crippen LogP contribution is -2.59. The highest BCUT2D eigenvalue weighted by Crippen LogP contribution is 2.31. The van der Waals surface area contributed by atoms with Gasteiger partial charge in [-0.3, -0.25) is 0 Å². The number of nitrogens with zero attached hydrogens (tertiary/aromatic N) is 1. The maximum atomic E-state index is 3.85. The Labute approximate surface area is 137 Å². The molecule has 0 radical (unpaired) electrons.